The summed E-state index contributed by atoms with van der Waals surface area (Å²) in [5, 5.41) is 0. The van der Waals surface area contributed by atoms with Crippen LogP contribution in [0.15, 0.2) is 47.5 Å². The van der Waals surface area contributed by atoms with Crippen LogP contribution in [0.3, 0.4) is 0 Å². The van der Waals surface area contributed by atoms with Crippen LogP contribution in [0.5, 0.6) is 11.5 Å². The number of carbonyl (C=O) groups excluding carboxylic acids is 1. The first-order chi connectivity index (χ1) is 12.7. The Bertz CT molecular complexity index is 971. The number of hydrogen-bond donors (Lipinski definition) is 0. The number of methoxy groups -OCH3 is 1. The second-order valence-corrected chi connectivity index (χ2v) is 6.75. The Kier molecular flexibility index (Phi) is 5.73. The molecule has 0 fully saturated rings. The fraction of sp³-hybridized carbons (Fsp3) is 0.300. The number of fused-ring (bicyclic) bond motifs is 1. The molecule has 0 aliphatic rings. The first-order valence-corrected chi connectivity index (χ1v) is 9.47. The molecule has 0 saturated carbocycles. The quantitative estimate of drug-likeness (QED) is 0.651. The third-order valence-corrected chi connectivity index (χ3v) is 5.01. The van der Waals surface area contributed by atoms with Crippen LogP contribution >= 0.6 is 11.3 Å². The largest absolute Gasteiger partial charge is 0.497 e. The molecule has 0 atom stereocenters. The molecule has 0 N–H and O–H groups in total. The summed E-state index contributed by atoms with van der Waals surface area (Å²) in [7, 11) is 1.65. The number of hydrogen-bond acceptors (Lipinski definition) is 4. The predicted octanol–water partition coefficient (Wildman–Crippen LogP) is 4.26. The van der Waals surface area contributed by atoms with Gasteiger partial charge in [-0.1, -0.05) is 18.3 Å². The Hall–Kier alpha value is -2.60. The molecule has 2 aromatic carbocycles. The first-order valence-electron chi connectivity index (χ1n) is 8.65. The van der Waals surface area contributed by atoms with Crippen molar-refractivity contribution in [3.63, 3.8) is 0 Å². The molecule has 26 heavy (non-hydrogen) atoms. The molecule has 0 aliphatic carbocycles. The van der Waals surface area contributed by atoms with E-state index < -0.39 is 0 Å². The van der Waals surface area contributed by atoms with Crippen molar-refractivity contribution in [1.82, 2.24) is 4.57 Å². The zero-order valence-corrected chi connectivity index (χ0v) is 16.0. The van der Waals surface area contributed by atoms with E-state index in [9.17, 15) is 4.79 Å². The standard InChI is InChI=1S/C20H22N2O3S/c1-4-12-22-17-13-16(24-3)10-11-18(17)26-20(22)21-19(23)14-6-8-15(9-7-14)25-5-2/h6-11,13H,4-5,12H2,1-3H3. The lowest BCUT2D eigenvalue weighted by molar-refractivity contribution is 0.0998. The SMILES string of the molecule is CCCn1c(=NC(=O)c2ccc(OCC)cc2)sc2ccc(OC)cc21. The van der Waals surface area contributed by atoms with Crippen LogP contribution in [0.2, 0.25) is 0 Å². The molecule has 0 spiro atoms. The summed E-state index contributed by atoms with van der Waals surface area (Å²) in [6, 6.07) is 13.0. The smallest absolute Gasteiger partial charge is 0.279 e. The Balaban J connectivity index is 2.02. The molecule has 5 nitrogen and oxygen atoms in total. The highest BCUT2D eigenvalue weighted by Crippen LogP contribution is 2.23. The van der Waals surface area contributed by atoms with Gasteiger partial charge in [-0.25, -0.2) is 0 Å². The van der Waals surface area contributed by atoms with Gasteiger partial charge in [0.2, 0.25) is 0 Å². The van der Waals surface area contributed by atoms with E-state index in [1.165, 1.54) is 11.3 Å². The topological polar surface area (TPSA) is 52.8 Å². The van der Waals surface area contributed by atoms with Gasteiger partial charge in [-0.15, -0.1) is 0 Å². The Morgan fingerprint density at radius 3 is 2.50 bits per heavy atom. The zero-order valence-electron chi connectivity index (χ0n) is 15.2. The van der Waals surface area contributed by atoms with Crippen LogP contribution in [0.25, 0.3) is 10.2 Å². The predicted molar refractivity (Wildman–Crippen MR) is 104 cm³/mol. The minimum atomic E-state index is -0.253. The molecule has 1 heterocycles. The molecule has 6 heteroatoms. The monoisotopic (exact) mass is 370 g/mol. The lowest BCUT2D eigenvalue weighted by Crippen LogP contribution is -2.16. The Morgan fingerprint density at radius 2 is 1.85 bits per heavy atom. The van der Waals surface area contributed by atoms with Crippen LogP contribution in [0.1, 0.15) is 30.6 Å². The molecule has 136 valence electrons. The van der Waals surface area contributed by atoms with Crippen LogP contribution in [0, 0.1) is 0 Å². The minimum Gasteiger partial charge on any atom is -0.497 e. The van der Waals surface area contributed by atoms with Gasteiger partial charge >= 0.3 is 0 Å². The number of aryl methyl sites for hydroxylation is 1. The summed E-state index contributed by atoms with van der Waals surface area (Å²) in [6.45, 7) is 5.43. The third kappa shape index (κ3) is 3.80. The highest BCUT2D eigenvalue weighted by molar-refractivity contribution is 7.16. The molecule has 0 bridgehead atoms. The Morgan fingerprint density at radius 1 is 1.12 bits per heavy atom. The zero-order chi connectivity index (χ0) is 18.5. The van der Waals surface area contributed by atoms with E-state index in [0.29, 0.717) is 17.0 Å². The second-order valence-electron chi connectivity index (χ2n) is 5.74. The maximum Gasteiger partial charge on any atom is 0.279 e. The van der Waals surface area contributed by atoms with E-state index in [1.807, 2.05) is 25.1 Å². The first kappa shape index (κ1) is 18.2. The van der Waals surface area contributed by atoms with Gasteiger partial charge in [0.1, 0.15) is 11.5 Å². The molecule has 0 saturated heterocycles. The van der Waals surface area contributed by atoms with E-state index >= 15 is 0 Å². The molecule has 1 amide bonds. The number of rotatable bonds is 6. The van der Waals surface area contributed by atoms with Crippen molar-refractivity contribution in [3.8, 4) is 11.5 Å². The number of thiazole rings is 1. The highest BCUT2D eigenvalue weighted by atomic mass is 32.1. The fourth-order valence-corrected chi connectivity index (χ4v) is 3.75. The maximum atomic E-state index is 12.6. The summed E-state index contributed by atoms with van der Waals surface area (Å²) >= 11 is 1.51. The summed E-state index contributed by atoms with van der Waals surface area (Å²) in [5.41, 5.74) is 1.58. The molecule has 0 aliphatic heterocycles. The van der Waals surface area contributed by atoms with E-state index in [1.54, 1.807) is 31.4 Å². The number of ether oxygens (including phenoxy) is 2. The van der Waals surface area contributed by atoms with Crippen LogP contribution in [-0.4, -0.2) is 24.2 Å². The number of nitrogens with zero attached hydrogens (tertiary/aromatic N) is 2. The van der Waals surface area contributed by atoms with E-state index in [-0.39, 0.29) is 5.91 Å². The molecule has 0 unspecified atom stereocenters. The number of benzene rings is 2. The summed E-state index contributed by atoms with van der Waals surface area (Å²) < 4.78 is 13.9. The van der Waals surface area contributed by atoms with Crippen molar-refractivity contribution in [2.24, 2.45) is 4.99 Å². The summed E-state index contributed by atoms with van der Waals surface area (Å²) in [5.74, 6) is 1.29. The molecule has 0 radical (unpaired) electrons. The lowest BCUT2D eigenvalue weighted by atomic mass is 10.2. The van der Waals surface area contributed by atoms with Crippen molar-refractivity contribution in [3.05, 3.63) is 52.8 Å². The van der Waals surface area contributed by atoms with Gasteiger partial charge in [0, 0.05) is 18.2 Å². The molecular weight excluding hydrogens is 348 g/mol. The molecule has 1 aromatic heterocycles. The second kappa shape index (κ2) is 8.19. The van der Waals surface area contributed by atoms with Gasteiger partial charge in [-0.2, -0.15) is 4.99 Å². The third-order valence-electron chi connectivity index (χ3n) is 3.95. The number of aromatic nitrogens is 1. The molecular formula is C20H22N2O3S. The lowest BCUT2D eigenvalue weighted by Gasteiger charge is -2.05. The maximum absolute atomic E-state index is 12.6. The number of carbonyl (C=O) groups is 1. The normalized spacial score (nSPS) is 11.7. The molecule has 3 rings (SSSR count). The van der Waals surface area contributed by atoms with E-state index in [2.05, 4.69) is 16.5 Å². The average molecular weight is 370 g/mol. The summed E-state index contributed by atoms with van der Waals surface area (Å²) in [4.78, 5) is 17.7. The van der Waals surface area contributed by atoms with Gasteiger partial charge in [-0.05, 0) is 49.7 Å². The van der Waals surface area contributed by atoms with Crippen LogP contribution < -0.4 is 14.3 Å². The van der Waals surface area contributed by atoms with Crippen molar-refractivity contribution in [2.75, 3.05) is 13.7 Å². The van der Waals surface area contributed by atoms with Crippen molar-refractivity contribution < 1.29 is 14.3 Å². The van der Waals surface area contributed by atoms with Crippen LogP contribution in [-0.2, 0) is 6.54 Å². The highest BCUT2D eigenvalue weighted by Gasteiger charge is 2.10. The fourth-order valence-electron chi connectivity index (χ4n) is 2.71. The van der Waals surface area contributed by atoms with Gasteiger partial charge in [-0.3, -0.25) is 4.79 Å². The minimum absolute atomic E-state index is 0.253. The van der Waals surface area contributed by atoms with E-state index in [4.69, 9.17) is 9.47 Å². The van der Waals surface area contributed by atoms with E-state index in [0.717, 1.165) is 34.7 Å². The van der Waals surface area contributed by atoms with Gasteiger partial charge in [0.05, 0.1) is 23.9 Å². The average Bonchev–Trinajstić information content (AvgIpc) is 2.99. The number of amides is 1. The van der Waals surface area contributed by atoms with Crippen molar-refractivity contribution >= 4 is 27.5 Å². The molecule has 3 aromatic rings. The van der Waals surface area contributed by atoms with Gasteiger partial charge in [0.15, 0.2) is 4.80 Å². The van der Waals surface area contributed by atoms with Gasteiger partial charge < -0.3 is 14.0 Å². The van der Waals surface area contributed by atoms with Crippen molar-refractivity contribution in [2.45, 2.75) is 26.8 Å². The Labute approximate surface area is 156 Å². The van der Waals surface area contributed by atoms with Crippen LogP contribution in [0.4, 0.5) is 0 Å². The van der Waals surface area contributed by atoms with Crippen molar-refractivity contribution in [1.29, 1.82) is 0 Å². The summed E-state index contributed by atoms with van der Waals surface area (Å²) in [6.07, 6.45) is 0.952. The van der Waals surface area contributed by atoms with Gasteiger partial charge in [0.25, 0.3) is 5.91 Å².